The van der Waals surface area contributed by atoms with E-state index in [2.05, 4.69) is 26.8 Å². The molecule has 1 amide bonds. The Morgan fingerprint density at radius 2 is 2.11 bits per heavy atom. The Hall–Kier alpha value is -1.14. The van der Waals surface area contributed by atoms with Crippen molar-refractivity contribution >= 4 is 22.0 Å². The molecule has 0 saturated heterocycles. The molecule has 1 aromatic carbocycles. The van der Waals surface area contributed by atoms with Crippen LogP contribution >= 0.6 is 15.9 Å². The van der Waals surface area contributed by atoms with Gasteiger partial charge in [0.05, 0.1) is 0 Å². The van der Waals surface area contributed by atoms with Crippen LogP contribution in [-0.4, -0.2) is 11.7 Å². The average Bonchev–Trinajstić information content (AvgIpc) is 2.18. The van der Waals surface area contributed by atoms with Crippen molar-refractivity contribution in [2.24, 2.45) is 0 Å². The van der Waals surface area contributed by atoms with Crippen molar-refractivity contribution in [1.29, 1.82) is 0 Å². The Labute approximate surface area is 114 Å². The summed E-state index contributed by atoms with van der Waals surface area (Å²) < 4.78 is 19.1. The lowest BCUT2D eigenvalue weighted by molar-refractivity contribution is 0.0496. The summed E-state index contributed by atoms with van der Waals surface area (Å²) >= 11 is 3.17. The monoisotopic (exact) mass is 318 g/mol. The average molecular weight is 319 g/mol. The second-order valence-corrected chi connectivity index (χ2v) is 5.63. The van der Waals surface area contributed by atoms with Gasteiger partial charge in [-0.15, -0.1) is 0 Å². The van der Waals surface area contributed by atoms with Gasteiger partial charge in [0.2, 0.25) is 0 Å². The van der Waals surface area contributed by atoms with Gasteiger partial charge in [0, 0.05) is 16.6 Å². The van der Waals surface area contributed by atoms with E-state index in [1.54, 1.807) is 32.9 Å². The Balaban J connectivity index is 2.40. The maximum Gasteiger partial charge on any atom is 0.422 e. The number of amides is 1. The molecular formula is C12H16BrFN2O2. The number of halogens is 2. The number of rotatable bonds is 3. The molecule has 0 bridgehead atoms. The standard InChI is InChI=1S/C12H16BrFN2O2/c1-12(2,3)18-11(17)16-15-7-8-4-5-9(13)6-10(8)14/h4-6,15H,7H2,1-3H3,(H,16,17). The number of hydrogen-bond donors (Lipinski definition) is 2. The SMILES string of the molecule is CC(C)(C)OC(=O)NNCc1ccc(Br)cc1F. The summed E-state index contributed by atoms with van der Waals surface area (Å²) in [4.78, 5) is 11.3. The molecule has 0 unspecified atom stereocenters. The van der Waals surface area contributed by atoms with Crippen molar-refractivity contribution in [1.82, 2.24) is 10.9 Å². The van der Waals surface area contributed by atoms with E-state index >= 15 is 0 Å². The smallest absolute Gasteiger partial charge is 0.422 e. The molecule has 0 aliphatic heterocycles. The maximum absolute atomic E-state index is 13.4. The van der Waals surface area contributed by atoms with Crippen LogP contribution in [0.3, 0.4) is 0 Å². The Kier molecular flexibility index (Phi) is 5.10. The van der Waals surface area contributed by atoms with Gasteiger partial charge in [-0.05, 0) is 32.9 Å². The fourth-order valence-electron chi connectivity index (χ4n) is 1.18. The van der Waals surface area contributed by atoms with Crippen LogP contribution < -0.4 is 10.9 Å². The molecule has 0 radical (unpaired) electrons. The van der Waals surface area contributed by atoms with Crippen LogP contribution in [0.2, 0.25) is 0 Å². The van der Waals surface area contributed by atoms with Crippen LogP contribution in [0.5, 0.6) is 0 Å². The third-order valence-electron chi connectivity index (χ3n) is 1.88. The first-order chi connectivity index (χ1) is 8.28. The maximum atomic E-state index is 13.4. The normalized spacial score (nSPS) is 11.2. The molecule has 2 N–H and O–H groups in total. The molecule has 0 spiro atoms. The predicted molar refractivity (Wildman–Crippen MR) is 70.3 cm³/mol. The Morgan fingerprint density at radius 3 is 2.67 bits per heavy atom. The van der Waals surface area contributed by atoms with Crippen molar-refractivity contribution in [3.63, 3.8) is 0 Å². The molecule has 0 aromatic heterocycles. The van der Waals surface area contributed by atoms with Gasteiger partial charge in [-0.1, -0.05) is 22.0 Å². The summed E-state index contributed by atoms with van der Waals surface area (Å²) in [6, 6.07) is 4.72. The summed E-state index contributed by atoms with van der Waals surface area (Å²) in [6.45, 7) is 5.47. The molecule has 1 rings (SSSR count). The molecule has 6 heteroatoms. The molecule has 100 valence electrons. The first-order valence-corrected chi connectivity index (χ1v) is 6.23. The summed E-state index contributed by atoms with van der Waals surface area (Å²) in [5, 5.41) is 0. The minimum absolute atomic E-state index is 0.179. The van der Waals surface area contributed by atoms with Gasteiger partial charge < -0.3 is 4.74 Å². The minimum Gasteiger partial charge on any atom is -0.443 e. The summed E-state index contributed by atoms with van der Waals surface area (Å²) in [5.41, 5.74) is 4.84. The molecule has 0 saturated carbocycles. The second kappa shape index (κ2) is 6.15. The zero-order valence-electron chi connectivity index (χ0n) is 10.5. The van der Waals surface area contributed by atoms with Crippen LogP contribution in [-0.2, 0) is 11.3 Å². The third kappa shape index (κ3) is 5.46. The second-order valence-electron chi connectivity index (χ2n) is 4.72. The number of hydrazine groups is 1. The number of benzene rings is 1. The molecule has 0 aliphatic carbocycles. The van der Waals surface area contributed by atoms with Crippen LogP contribution in [0.4, 0.5) is 9.18 Å². The predicted octanol–water partition coefficient (Wildman–Crippen LogP) is 3.12. The fraction of sp³-hybridized carbons (Fsp3) is 0.417. The molecule has 1 aromatic rings. The zero-order chi connectivity index (χ0) is 13.8. The van der Waals surface area contributed by atoms with Crippen LogP contribution in [0.1, 0.15) is 26.3 Å². The highest BCUT2D eigenvalue weighted by Crippen LogP contribution is 2.14. The van der Waals surface area contributed by atoms with Gasteiger partial charge in [-0.2, -0.15) is 0 Å². The number of hydrogen-bond acceptors (Lipinski definition) is 3. The van der Waals surface area contributed by atoms with E-state index in [-0.39, 0.29) is 12.4 Å². The highest BCUT2D eigenvalue weighted by atomic mass is 79.9. The molecule has 0 aliphatic rings. The summed E-state index contributed by atoms with van der Waals surface area (Å²) in [5.74, 6) is -0.345. The topological polar surface area (TPSA) is 50.4 Å². The molecule has 4 nitrogen and oxygen atoms in total. The third-order valence-corrected chi connectivity index (χ3v) is 2.38. The van der Waals surface area contributed by atoms with Gasteiger partial charge in [0.25, 0.3) is 0 Å². The minimum atomic E-state index is -0.597. The van der Waals surface area contributed by atoms with Crippen molar-refractivity contribution in [3.05, 3.63) is 34.1 Å². The molecular weight excluding hydrogens is 303 g/mol. The molecule has 0 fully saturated rings. The Bertz CT molecular complexity index is 433. The van der Waals surface area contributed by atoms with E-state index in [4.69, 9.17) is 4.74 Å². The van der Waals surface area contributed by atoms with Gasteiger partial charge in [-0.25, -0.2) is 14.6 Å². The van der Waals surface area contributed by atoms with E-state index in [1.807, 2.05) is 0 Å². The van der Waals surface area contributed by atoms with Gasteiger partial charge >= 0.3 is 6.09 Å². The highest BCUT2D eigenvalue weighted by Gasteiger charge is 2.15. The highest BCUT2D eigenvalue weighted by molar-refractivity contribution is 9.10. The van der Waals surface area contributed by atoms with Crippen LogP contribution in [0.25, 0.3) is 0 Å². The summed E-state index contributed by atoms with van der Waals surface area (Å²) in [7, 11) is 0. The van der Waals surface area contributed by atoms with Crippen molar-refractivity contribution < 1.29 is 13.9 Å². The fourth-order valence-corrected chi connectivity index (χ4v) is 1.51. The van der Waals surface area contributed by atoms with Crippen LogP contribution in [0.15, 0.2) is 22.7 Å². The quantitative estimate of drug-likeness (QED) is 0.842. The number of nitrogens with one attached hydrogen (secondary N) is 2. The molecule has 0 heterocycles. The van der Waals surface area contributed by atoms with Gasteiger partial charge in [-0.3, -0.25) is 5.43 Å². The first kappa shape index (κ1) is 14.9. The summed E-state index contributed by atoms with van der Waals surface area (Å²) in [6.07, 6.45) is -0.597. The van der Waals surface area contributed by atoms with E-state index in [9.17, 15) is 9.18 Å². The number of carbonyl (C=O) groups excluding carboxylic acids is 1. The van der Waals surface area contributed by atoms with E-state index < -0.39 is 11.7 Å². The van der Waals surface area contributed by atoms with E-state index in [1.165, 1.54) is 6.07 Å². The first-order valence-electron chi connectivity index (χ1n) is 5.44. The lowest BCUT2D eigenvalue weighted by atomic mass is 10.2. The van der Waals surface area contributed by atoms with E-state index in [0.717, 1.165) is 0 Å². The van der Waals surface area contributed by atoms with Crippen LogP contribution in [0, 0.1) is 5.82 Å². The lowest BCUT2D eigenvalue weighted by Crippen LogP contribution is -2.40. The van der Waals surface area contributed by atoms with Gasteiger partial charge in [0.1, 0.15) is 11.4 Å². The lowest BCUT2D eigenvalue weighted by Gasteiger charge is -2.19. The van der Waals surface area contributed by atoms with E-state index in [0.29, 0.717) is 10.0 Å². The zero-order valence-corrected chi connectivity index (χ0v) is 12.1. The Morgan fingerprint density at radius 1 is 1.44 bits per heavy atom. The largest absolute Gasteiger partial charge is 0.443 e. The van der Waals surface area contributed by atoms with Crippen molar-refractivity contribution in [2.45, 2.75) is 32.9 Å². The molecule has 0 atom stereocenters. The van der Waals surface area contributed by atoms with Crippen molar-refractivity contribution in [3.8, 4) is 0 Å². The number of carbonyl (C=O) groups is 1. The van der Waals surface area contributed by atoms with Gasteiger partial charge in [0.15, 0.2) is 0 Å². The molecule has 18 heavy (non-hydrogen) atoms. The number of ether oxygens (including phenoxy) is 1. The van der Waals surface area contributed by atoms with Crippen molar-refractivity contribution in [2.75, 3.05) is 0 Å².